The van der Waals surface area contributed by atoms with Gasteiger partial charge in [-0.15, -0.1) is 0 Å². The van der Waals surface area contributed by atoms with Crippen LogP contribution in [-0.2, 0) is 0 Å². The fourth-order valence-corrected chi connectivity index (χ4v) is 1.48. The van der Waals surface area contributed by atoms with Crippen LogP contribution in [0.5, 0.6) is 5.75 Å². The maximum absolute atomic E-state index is 11.6. The number of nitrogens with one attached hydrogen (secondary N) is 1. The number of halogens is 1. The number of likely N-dealkylation sites (N-methyl/N-ethyl adjacent to an activating group) is 1. The minimum Gasteiger partial charge on any atom is -0.507 e. The van der Waals surface area contributed by atoms with Gasteiger partial charge in [0.2, 0.25) is 0 Å². The van der Waals surface area contributed by atoms with Gasteiger partial charge >= 0.3 is 0 Å². The van der Waals surface area contributed by atoms with Crippen molar-refractivity contribution >= 4 is 28.5 Å². The van der Waals surface area contributed by atoms with Gasteiger partial charge in [0.1, 0.15) is 5.75 Å². The standard InChI is InChI=1S/C11H15IN2O2/c1-14(2)6-5-13-11(16)8-3-4-9(12)10(15)7-8/h3-4,7,15H,5-6H2,1-2H3,(H,13,16). The number of hydrogen-bond acceptors (Lipinski definition) is 3. The van der Waals surface area contributed by atoms with Crippen molar-refractivity contribution in [2.45, 2.75) is 0 Å². The summed E-state index contributed by atoms with van der Waals surface area (Å²) in [5.74, 6) is -0.0191. The van der Waals surface area contributed by atoms with Gasteiger partial charge < -0.3 is 15.3 Å². The predicted octanol–water partition coefficient (Wildman–Crippen LogP) is 1.29. The van der Waals surface area contributed by atoms with Gasteiger partial charge in [0.05, 0.1) is 3.57 Å². The van der Waals surface area contributed by atoms with Crippen molar-refractivity contribution in [3.8, 4) is 5.75 Å². The van der Waals surface area contributed by atoms with Crippen LogP contribution in [0.25, 0.3) is 0 Å². The van der Waals surface area contributed by atoms with Crippen LogP contribution in [0.1, 0.15) is 10.4 Å². The Labute approximate surface area is 109 Å². The maximum Gasteiger partial charge on any atom is 0.251 e. The van der Waals surface area contributed by atoms with Gasteiger partial charge in [-0.3, -0.25) is 4.79 Å². The third-order valence-corrected chi connectivity index (χ3v) is 2.97. The second kappa shape index (κ2) is 6.05. The molecule has 0 spiro atoms. The zero-order chi connectivity index (χ0) is 12.1. The second-order valence-electron chi connectivity index (χ2n) is 3.73. The van der Waals surface area contributed by atoms with Gasteiger partial charge in [-0.2, -0.15) is 0 Å². The Hall–Kier alpha value is -0.820. The summed E-state index contributed by atoms with van der Waals surface area (Å²) in [5, 5.41) is 12.2. The van der Waals surface area contributed by atoms with Crippen molar-refractivity contribution < 1.29 is 9.90 Å². The Balaban J connectivity index is 2.56. The average Bonchev–Trinajstić information content (AvgIpc) is 2.21. The number of phenolic OH excluding ortho intramolecular Hbond substituents is 1. The molecule has 4 nitrogen and oxygen atoms in total. The molecular weight excluding hydrogens is 319 g/mol. The van der Waals surface area contributed by atoms with E-state index >= 15 is 0 Å². The molecule has 0 aliphatic carbocycles. The van der Waals surface area contributed by atoms with E-state index in [0.717, 1.165) is 10.1 Å². The van der Waals surface area contributed by atoms with Crippen molar-refractivity contribution in [3.05, 3.63) is 27.3 Å². The fourth-order valence-electron chi connectivity index (χ4n) is 1.15. The van der Waals surface area contributed by atoms with E-state index in [1.807, 2.05) is 41.6 Å². The molecule has 0 radical (unpaired) electrons. The summed E-state index contributed by atoms with van der Waals surface area (Å²) >= 11 is 2.01. The number of amides is 1. The SMILES string of the molecule is CN(C)CCNC(=O)c1ccc(I)c(O)c1. The number of carbonyl (C=O) groups is 1. The molecule has 0 heterocycles. The Morgan fingerprint density at radius 3 is 2.75 bits per heavy atom. The molecule has 5 heteroatoms. The maximum atomic E-state index is 11.6. The van der Waals surface area contributed by atoms with Crippen LogP contribution in [0.2, 0.25) is 0 Å². The van der Waals surface area contributed by atoms with E-state index < -0.39 is 0 Å². The quantitative estimate of drug-likeness (QED) is 0.816. The normalized spacial score (nSPS) is 10.5. The Morgan fingerprint density at radius 1 is 1.50 bits per heavy atom. The van der Waals surface area contributed by atoms with Crippen molar-refractivity contribution in [1.29, 1.82) is 0 Å². The number of benzene rings is 1. The number of carbonyl (C=O) groups excluding carboxylic acids is 1. The van der Waals surface area contributed by atoms with Crippen LogP contribution in [0.4, 0.5) is 0 Å². The molecule has 0 aliphatic heterocycles. The summed E-state index contributed by atoms with van der Waals surface area (Å²) in [6, 6.07) is 4.90. The first-order valence-corrected chi connectivity index (χ1v) is 6.00. The molecule has 0 saturated heterocycles. The van der Waals surface area contributed by atoms with Crippen LogP contribution in [-0.4, -0.2) is 43.1 Å². The van der Waals surface area contributed by atoms with E-state index in [4.69, 9.17) is 0 Å². The fraction of sp³-hybridized carbons (Fsp3) is 0.364. The first kappa shape index (κ1) is 13.2. The third-order valence-electron chi connectivity index (χ3n) is 2.05. The molecule has 1 amide bonds. The monoisotopic (exact) mass is 334 g/mol. The van der Waals surface area contributed by atoms with E-state index in [-0.39, 0.29) is 11.7 Å². The molecule has 0 atom stereocenters. The zero-order valence-corrected chi connectivity index (χ0v) is 11.5. The number of aromatic hydroxyl groups is 1. The van der Waals surface area contributed by atoms with Gasteiger partial charge in [0.25, 0.3) is 5.91 Å². The third kappa shape index (κ3) is 3.97. The van der Waals surface area contributed by atoms with E-state index in [1.165, 1.54) is 6.07 Å². The van der Waals surface area contributed by atoms with Crippen molar-refractivity contribution in [2.75, 3.05) is 27.2 Å². The highest BCUT2D eigenvalue weighted by Gasteiger charge is 2.07. The van der Waals surface area contributed by atoms with E-state index in [0.29, 0.717) is 12.1 Å². The lowest BCUT2D eigenvalue weighted by atomic mass is 10.2. The summed E-state index contributed by atoms with van der Waals surface area (Å²) in [6.45, 7) is 1.39. The second-order valence-corrected chi connectivity index (χ2v) is 4.89. The van der Waals surface area contributed by atoms with E-state index in [2.05, 4.69) is 5.32 Å². The summed E-state index contributed by atoms with van der Waals surface area (Å²) in [4.78, 5) is 13.6. The summed E-state index contributed by atoms with van der Waals surface area (Å²) in [5.41, 5.74) is 0.483. The van der Waals surface area contributed by atoms with E-state index in [9.17, 15) is 9.90 Å². The zero-order valence-electron chi connectivity index (χ0n) is 9.33. The molecular formula is C11H15IN2O2. The van der Waals surface area contributed by atoms with Gasteiger partial charge in [-0.05, 0) is 54.9 Å². The van der Waals surface area contributed by atoms with Crippen molar-refractivity contribution in [1.82, 2.24) is 10.2 Å². The van der Waals surface area contributed by atoms with Gasteiger partial charge in [0.15, 0.2) is 0 Å². The van der Waals surface area contributed by atoms with Crippen LogP contribution in [0, 0.1) is 3.57 Å². The van der Waals surface area contributed by atoms with Crippen molar-refractivity contribution in [2.24, 2.45) is 0 Å². The van der Waals surface area contributed by atoms with Gasteiger partial charge in [-0.1, -0.05) is 0 Å². The molecule has 1 aromatic carbocycles. The average molecular weight is 334 g/mol. The molecule has 2 N–H and O–H groups in total. The highest BCUT2D eigenvalue weighted by atomic mass is 127. The summed E-state index contributed by atoms with van der Waals surface area (Å²) in [7, 11) is 3.89. The molecule has 0 unspecified atom stereocenters. The highest BCUT2D eigenvalue weighted by molar-refractivity contribution is 14.1. The lowest BCUT2D eigenvalue weighted by molar-refractivity contribution is 0.0950. The first-order chi connectivity index (χ1) is 7.50. The topological polar surface area (TPSA) is 52.6 Å². The Morgan fingerprint density at radius 2 is 2.19 bits per heavy atom. The minimum atomic E-state index is -0.159. The molecule has 0 aliphatic rings. The smallest absolute Gasteiger partial charge is 0.251 e. The number of nitrogens with zero attached hydrogens (tertiary/aromatic N) is 1. The molecule has 0 fully saturated rings. The lowest BCUT2D eigenvalue weighted by Crippen LogP contribution is -2.31. The summed E-state index contributed by atoms with van der Waals surface area (Å²) < 4.78 is 0.738. The molecule has 88 valence electrons. The van der Waals surface area contributed by atoms with Gasteiger partial charge in [-0.25, -0.2) is 0 Å². The number of phenols is 1. The lowest BCUT2D eigenvalue weighted by Gasteiger charge is -2.10. The highest BCUT2D eigenvalue weighted by Crippen LogP contribution is 2.20. The Bertz CT molecular complexity index is 380. The van der Waals surface area contributed by atoms with E-state index in [1.54, 1.807) is 12.1 Å². The molecule has 16 heavy (non-hydrogen) atoms. The molecule has 1 rings (SSSR count). The molecule has 0 aromatic heterocycles. The van der Waals surface area contributed by atoms with Crippen LogP contribution < -0.4 is 5.32 Å². The van der Waals surface area contributed by atoms with Crippen LogP contribution >= 0.6 is 22.6 Å². The predicted molar refractivity (Wildman–Crippen MR) is 71.7 cm³/mol. The van der Waals surface area contributed by atoms with Crippen molar-refractivity contribution in [3.63, 3.8) is 0 Å². The first-order valence-electron chi connectivity index (χ1n) is 4.92. The molecule has 0 saturated carbocycles. The minimum absolute atomic E-state index is 0.140. The van der Waals surface area contributed by atoms with Gasteiger partial charge in [0, 0.05) is 18.7 Å². The Kier molecular flexibility index (Phi) is 5.01. The largest absolute Gasteiger partial charge is 0.507 e. The summed E-state index contributed by atoms with van der Waals surface area (Å²) in [6.07, 6.45) is 0. The molecule has 0 bridgehead atoms. The van der Waals surface area contributed by atoms with Crippen LogP contribution in [0.3, 0.4) is 0 Å². The number of rotatable bonds is 4. The molecule has 1 aromatic rings. The van der Waals surface area contributed by atoms with Crippen LogP contribution in [0.15, 0.2) is 18.2 Å². The number of hydrogen-bond donors (Lipinski definition) is 2.